The Morgan fingerprint density at radius 1 is 1.10 bits per heavy atom. The van der Waals surface area contributed by atoms with Crippen LogP contribution in [0.25, 0.3) is 6.08 Å². The second-order valence-corrected chi connectivity index (χ2v) is 7.27. The van der Waals surface area contributed by atoms with Crippen LogP contribution in [0.3, 0.4) is 0 Å². The number of hydrogen-bond acceptors (Lipinski definition) is 5. The van der Waals surface area contributed by atoms with Gasteiger partial charge in [-0.1, -0.05) is 12.1 Å². The van der Waals surface area contributed by atoms with Gasteiger partial charge in [-0.05, 0) is 48.7 Å². The third-order valence-corrected chi connectivity index (χ3v) is 5.33. The molecular formula is C23H24N2O5. The Kier molecular flexibility index (Phi) is 5.88. The van der Waals surface area contributed by atoms with Crippen molar-refractivity contribution in [3.8, 4) is 17.2 Å². The van der Waals surface area contributed by atoms with Gasteiger partial charge in [0, 0.05) is 36.8 Å². The second-order valence-electron chi connectivity index (χ2n) is 7.27. The maximum absolute atomic E-state index is 12.6. The molecule has 7 nitrogen and oxygen atoms in total. The summed E-state index contributed by atoms with van der Waals surface area (Å²) in [5.74, 6) is 1.86. The van der Waals surface area contributed by atoms with Crippen LogP contribution >= 0.6 is 0 Å². The van der Waals surface area contributed by atoms with Crippen molar-refractivity contribution >= 4 is 23.6 Å². The first-order chi connectivity index (χ1) is 14.6. The molecule has 2 aliphatic rings. The van der Waals surface area contributed by atoms with Crippen molar-refractivity contribution in [3.05, 3.63) is 54.1 Å². The zero-order valence-electron chi connectivity index (χ0n) is 16.8. The minimum absolute atomic E-state index is 0.0344. The highest BCUT2D eigenvalue weighted by molar-refractivity contribution is 5.94. The number of nitrogens with zero attached hydrogens (tertiary/aromatic N) is 1. The molecule has 0 aliphatic carbocycles. The lowest BCUT2D eigenvalue weighted by molar-refractivity contribution is -0.130. The molecule has 7 heteroatoms. The normalized spacial score (nSPS) is 16.0. The highest BCUT2D eigenvalue weighted by Gasteiger charge is 2.27. The summed E-state index contributed by atoms with van der Waals surface area (Å²) in [5.41, 5.74) is 1.59. The van der Waals surface area contributed by atoms with Crippen molar-refractivity contribution < 1.29 is 23.8 Å². The van der Waals surface area contributed by atoms with E-state index in [0.717, 1.165) is 11.3 Å². The summed E-state index contributed by atoms with van der Waals surface area (Å²) < 4.78 is 15.8. The van der Waals surface area contributed by atoms with Gasteiger partial charge in [-0.25, -0.2) is 0 Å². The van der Waals surface area contributed by atoms with Crippen molar-refractivity contribution in [2.45, 2.75) is 12.8 Å². The number of hydrogen-bond donors (Lipinski definition) is 1. The molecule has 30 heavy (non-hydrogen) atoms. The molecule has 2 aromatic carbocycles. The van der Waals surface area contributed by atoms with Crippen LogP contribution in [0.4, 0.5) is 5.69 Å². The predicted molar refractivity (Wildman–Crippen MR) is 113 cm³/mol. The van der Waals surface area contributed by atoms with E-state index in [4.69, 9.17) is 14.2 Å². The standard InChI is InChI=1S/C23H24N2O5/c1-28-19-4-2-3-16(13-19)5-8-22(26)25-11-9-17(10-12-25)23(27)24-18-6-7-20-21(14-18)30-15-29-20/h2-8,13-14,17H,9-12,15H2,1H3,(H,24,27). The highest BCUT2D eigenvalue weighted by atomic mass is 16.7. The number of ether oxygens (including phenoxy) is 3. The van der Waals surface area contributed by atoms with Crippen molar-refractivity contribution in [2.75, 3.05) is 32.3 Å². The Morgan fingerprint density at radius 2 is 1.90 bits per heavy atom. The van der Waals surface area contributed by atoms with Crippen LogP contribution in [0.15, 0.2) is 48.5 Å². The minimum Gasteiger partial charge on any atom is -0.497 e. The first-order valence-corrected chi connectivity index (χ1v) is 9.94. The lowest BCUT2D eigenvalue weighted by Crippen LogP contribution is -2.40. The molecule has 2 heterocycles. The summed E-state index contributed by atoms with van der Waals surface area (Å²) in [7, 11) is 1.61. The molecule has 1 fully saturated rings. The largest absolute Gasteiger partial charge is 0.497 e. The second kappa shape index (κ2) is 8.90. The Hall–Kier alpha value is -3.48. The molecule has 1 saturated heterocycles. The molecule has 0 spiro atoms. The van der Waals surface area contributed by atoms with E-state index in [1.165, 1.54) is 0 Å². The number of piperidine rings is 1. The van der Waals surface area contributed by atoms with Gasteiger partial charge < -0.3 is 24.4 Å². The fraction of sp³-hybridized carbons (Fsp3) is 0.304. The van der Waals surface area contributed by atoms with Crippen molar-refractivity contribution in [2.24, 2.45) is 5.92 Å². The van der Waals surface area contributed by atoms with E-state index in [1.807, 2.05) is 24.3 Å². The van der Waals surface area contributed by atoms with Crippen LogP contribution in [-0.4, -0.2) is 43.7 Å². The zero-order chi connectivity index (χ0) is 20.9. The molecule has 0 aromatic heterocycles. The summed E-state index contributed by atoms with van der Waals surface area (Å²) in [4.78, 5) is 26.9. The van der Waals surface area contributed by atoms with Gasteiger partial charge in [-0.2, -0.15) is 0 Å². The van der Waals surface area contributed by atoms with Gasteiger partial charge in [-0.15, -0.1) is 0 Å². The number of rotatable bonds is 5. The highest BCUT2D eigenvalue weighted by Crippen LogP contribution is 2.34. The maximum atomic E-state index is 12.6. The number of benzene rings is 2. The molecule has 1 N–H and O–H groups in total. The fourth-order valence-corrected chi connectivity index (χ4v) is 3.60. The average molecular weight is 408 g/mol. The molecule has 4 rings (SSSR count). The van der Waals surface area contributed by atoms with Crippen LogP contribution in [0.2, 0.25) is 0 Å². The first kappa shape index (κ1) is 19.8. The Balaban J connectivity index is 1.28. The molecule has 0 radical (unpaired) electrons. The third kappa shape index (κ3) is 4.56. The lowest BCUT2D eigenvalue weighted by atomic mass is 9.95. The molecule has 0 saturated carbocycles. The number of likely N-dealkylation sites (tertiary alicyclic amines) is 1. The maximum Gasteiger partial charge on any atom is 0.246 e. The van der Waals surface area contributed by atoms with Crippen molar-refractivity contribution in [3.63, 3.8) is 0 Å². The summed E-state index contributed by atoms with van der Waals surface area (Å²) in [6.07, 6.45) is 4.62. The van der Waals surface area contributed by atoms with E-state index in [0.29, 0.717) is 43.1 Å². The van der Waals surface area contributed by atoms with Crippen molar-refractivity contribution in [1.82, 2.24) is 4.90 Å². The van der Waals surface area contributed by atoms with Gasteiger partial charge >= 0.3 is 0 Å². The number of nitrogens with one attached hydrogen (secondary N) is 1. The van der Waals surface area contributed by atoms with Crippen LogP contribution in [-0.2, 0) is 9.59 Å². The number of anilines is 1. The van der Waals surface area contributed by atoms with E-state index < -0.39 is 0 Å². The van der Waals surface area contributed by atoms with E-state index in [9.17, 15) is 9.59 Å². The van der Waals surface area contributed by atoms with E-state index in [2.05, 4.69) is 5.32 Å². The average Bonchev–Trinajstić information content (AvgIpc) is 3.25. The van der Waals surface area contributed by atoms with Crippen LogP contribution in [0.1, 0.15) is 18.4 Å². The number of amides is 2. The predicted octanol–water partition coefficient (Wildman–Crippen LogP) is 3.31. The Labute approximate surface area is 175 Å². The molecule has 2 amide bonds. The first-order valence-electron chi connectivity index (χ1n) is 9.94. The zero-order valence-corrected chi connectivity index (χ0v) is 16.8. The summed E-state index contributed by atoms with van der Waals surface area (Å²) in [6.45, 7) is 1.31. The van der Waals surface area contributed by atoms with Gasteiger partial charge in [-0.3, -0.25) is 9.59 Å². The number of carbonyl (C=O) groups is 2. The number of carbonyl (C=O) groups excluding carboxylic acids is 2. The number of methoxy groups -OCH3 is 1. The lowest BCUT2D eigenvalue weighted by Gasteiger charge is -2.30. The molecular weight excluding hydrogens is 384 g/mol. The van der Waals surface area contributed by atoms with Gasteiger partial charge in [0.25, 0.3) is 0 Å². The topological polar surface area (TPSA) is 77.1 Å². The van der Waals surface area contributed by atoms with Gasteiger partial charge in [0.1, 0.15) is 5.75 Å². The Bertz CT molecular complexity index is 964. The molecule has 2 aromatic rings. The van der Waals surface area contributed by atoms with Gasteiger partial charge in [0.05, 0.1) is 7.11 Å². The fourth-order valence-electron chi connectivity index (χ4n) is 3.60. The van der Waals surface area contributed by atoms with Gasteiger partial charge in [0.2, 0.25) is 18.6 Å². The van der Waals surface area contributed by atoms with Crippen LogP contribution in [0, 0.1) is 5.92 Å². The van der Waals surface area contributed by atoms with Crippen molar-refractivity contribution in [1.29, 1.82) is 0 Å². The molecule has 0 unspecified atom stereocenters. The molecule has 0 bridgehead atoms. The summed E-state index contributed by atoms with van der Waals surface area (Å²) >= 11 is 0. The van der Waals surface area contributed by atoms with E-state index in [-0.39, 0.29) is 24.5 Å². The van der Waals surface area contributed by atoms with Crippen LogP contribution < -0.4 is 19.5 Å². The quantitative estimate of drug-likeness (QED) is 0.768. The smallest absolute Gasteiger partial charge is 0.246 e. The number of fused-ring (bicyclic) bond motifs is 1. The molecule has 156 valence electrons. The minimum atomic E-state index is -0.123. The van der Waals surface area contributed by atoms with Crippen LogP contribution in [0.5, 0.6) is 17.2 Å². The summed E-state index contributed by atoms with van der Waals surface area (Å²) in [5, 5.41) is 2.94. The SMILES string of the molecule is COc1cccc(C=CC(=O)N2CCC(C(=O)Nc3ccc4c(c3)OCO4)CC2)c1. The third-order valence-electron chi connectivity index (χ3n) is 5.33. The van der Waals surface area contributed by atoms with E-state index >= 15 is 0 Å². The van der Waals surface area contributed by atoms with Gasteiger partial charge in [0.15, 0.2) is 11.5 Å². The summed E-state index contributed by atoms with van der Waals surface area (Å²) in [6, 6.07) is 12.9. The molecule has 2 aliphatic heterocycles. The Morgan fingerprint density at radius 3 is 2.70 bits per heavy atom. The van der Waals surface area contributed by atoms with E-state index in [1.54, 1.807) is 42.4 Å². The monoisotopic (exact) mass is 408 g/mol. The molecule has 0 atom stereocenters.